The van der Waals surface area contributed by atoms with Gasteiger partial charge in [0.2, 0.25) is 5.88 Å². The number of aromatic nitrogens is 3. The number of benzene rings is 2. The number of methoxy groups -OCH3 is 1. The number of aromatic amines is 2. The van der Waals surface area contributed by atoms with Crippen molar-refractivity contribution in [2.24, 2.45) is 0 Å². The van der Waals surface area contributed by atoms with E-state index in [9.17, 15) is 9.90 Å². The van der Waals surface area contributed by atoms with Gasteiger partial charge in [0.15, 0.2) is 4.77 Å². The lowest BCUT2D eigenvalue weighted by Crippen LogP contribution is -2.41. The van der Waals surface area contributed by atoms with Gasteiger partial charge in [0, 0.05) is 22.6 Å². The van der Waals surface area contributed by atoms with Crippen LogP contribution in [0.25, 0.3) is 16.6 Å². The number of nitrogens with zero attached hydrogens (tertiary/aromatic N) is 1. The van der Waals surface area contributed by atoms with Crippen LogP contribution in [-0.2, 0) is 6.42 Å². The summed E-state index contributed by atoms with van der Waals surface area (Å²) in [5.74, 6) is 0.509. The van der Waals surface area contributed by atoms with Crippen LogP contribution in [0.4, 0.5) is 0 Å². The number of fused-ring (bicyclic) bond motifs is 3. The molecule has 7 nitrogen and oxygen atoms in total. The first kappa shape index (κ1) is 20.5. The molecule has 4 N–H and O–H groups in total. The van der Waals surface area contributed by atoms with Crippen LogP contribution in [0.5, 0.6) is 11.6 Å². The molecule has 2 atom stereocenters. The highest BCUT2D eigenvalue weighted by molar-refractivity contribution is 7.71. The van der Waals surface area contributed by atoms with Crippen LogP contribution >= 0.6 is 12.2 Å². The molecule has 0 amide bonds. The van der Waals surface area contributed by atoms with E-state index in [1.807, 2.05) is 18.2 Å². The maximum Gasteiger partial charge on any atom is 0.260 e. The molecule has 32 heavy (non-hydrogen) atoms. The fraction of sp³-hybridized carbons (Fsp3) is 0.250. The van der Waals surface area contributed by atoms with E-state index in [1.54, 1.807) is 31.4 Å². The van der Waals surface area contributed by atoms with E-state index in [2.05, 4.69) is 28.3 Å². The van der Waals surface area contributed by atoms with Crippen LogP contribution in [-0.4, -0.2) is 32.8 Å². The molecule has 1 aliphatic heterocycles. The second kappa shape index (κ2) is 7.96. The third-order valence-corrected chi connectivity index (χ3v) is 6.51. The van der Waals surface area contributed by atoms with Crippen molar-refractivity contribution in [3.05, 3.63) is 80.5 Å². The number of para-hydroxylation sites is 1. The Morgan fingerprint density at radius 1 is 1.16 bits per heavy atom. The molecule has 0 saturated heterocycles. The molecule has 1 aliphatic rings. The van der Waals surface area contributed by atoms with Gasteiger partial charge in [-0.15, -0.1) is 0 Å². The van der Waals surface area contributed by atoms with Crippen molar-refractivity contribution in [1.82, 2.24) is 19.9 Å². The molecule has 2 aromatic carbocycles. The predicted octanol–water partition coefficient (Wildman–Crippen LogP) is 4.10. The Bertz CT molecular complexity index is 1420. The SMILES string of the molecule is CC[C@H]1Cc2c([nH]c3ccccc23)[C@H](c2c(O)n(-c3ccc(OC)cc3)c(=S)[nH]c2=O)N1. The third kappa shape index (κ3) is 3.23. The van der Waals surface area contributed by atoms with E-state index < -0.39 is 11.6 Å². The second-order valence-corrected chi connectivity index (χ2v) is 8.39. The van der Waals surface area contributed by atoms with Gasteiger partial charge < -0.3 is 20.1 Å². The van der Waals surface area contributed by atoms with Crippen molar-refractivity contribution in [1.29, 1.82) is 0 Å². The van der Waals surface area contributed by atoms with Crippen LogP contribution in [0.1, 0.15) is 36.2 Å². The first-order chi connectivity index (χ1) is 15.5. The first-order valence-electron chi connectivity index (χ1n) is 10.6. The number of rotatable bonds is 4. The molecular formula is C24H24N4O3S. The van der Waals surface area contributed by atoms with Crippen molar-refractivity contribution < 1.29 is 9.84 Å². The summed E-state index contributed by atoms with van der Waals surface area (Å²) in [5, 5.41) is 16.0. The summed E-state index contributed by atoms with van der Waals surface area (Å²) in [5.41, 5.74) is 3.55. The number of H-pyrrole nitrogens is 2. The minimum atomic E-state index is -0.500. The standard InChI is InChI=1S/C24H24N4O3S/c1-3-13-12-17-16-6-4-5-7-18(16)26-20(17)21(25-13)19-22(29)27-24(32)28(23(19)30)14-8-10-15(31-2)11-9-14/h4-11,13,21,25-26,30H,3,12H2,1-2H3,(H,27,29,32)/t13-,21-/m0/s1. The van der Waals surface area contributed by atoms with Gasteiger partial charge in [0.25, 0.3) is 5.56 Å². The number of aromatic hydroxyl groups is 1. The van der Waals surface area contributed by atoms with E-state index in [0.29, 0.717) is 11.4 Å². The predicted molar refractivity (Wildman–Crippen MR) is 127 cm³/mol. The van der Waals surface area contributed by atoms with Crippen molar-refractivity contribution in [3.63, 3.8) is 0 Å². The van der Waals surface area contributed by atoms with Crippen LogP contribution in [0, 0.1) is 4.77 Å². The summed E-state index contributed by atoms with van der Waals surface area (Å²) in [6.07, 6.45) is 1.74. The summed E-state index contributed by atoms with van der Waals surface area (Å²) >= 11 is 5.40. The van der Waals surface area contributed by atoms with Gasteiger partial charge in [-0.1, -0.05) is 25.1 Å². The second-order valence-electron chi connectivity index (χ2n) is 8.00. The van der Waals surface area contributed by atoms with Crippen LogP contribution in [0.3, 0.4) is 0 Å². The molecule has 0 bridgehead atoms. The zero-order valence-electron chi connectivity index (χ0n) is 17.8. The van der Waals surface area contributed by atoms with Crippen LogP contribution < -0.4 is 15.6 Å². The Balaban J connectivity index is 1.73. The van der Waals surface area contributed by atoms with Crippen molar-refractivity contribution >= 4 is 23.1 Å². The minimum Gasteiger partial charge on any atom is -0.497 e. The zero-order chi connectivity index (χ0) is 22.4. The highest BCUT2D eigenvalue weighted by Gasteiger charge is 2.34. The number of hydrogen-bond acceptors (Lipinski definition) is 5. The monoisotopic (exact) mass is 448 g/mol. The lowest BCUT2D eigenvalue weighted by atomic mass is 9.90. The zero-order valence-corrected chi connectivity index (χ0v) is 18.6. The smallest absolute Gasteiger partial charge is 0.260 e. The topological polar surface area (TPSA) is 95.1 Å². The number of hydrogen-bond donors (Lipinski definition) is 4. The Morgan fingerprint density at radius 2 is 1.91 bits per heavy atom. The molecule has 3 heterocycles. The maximum absolute atomic E-state index is 13.1. The van der Waals surface area contributed by atoms with Gasteiger partial charge in [-0.05, 0) is 61.0 Å². The highest BCUT2D eigenvalue weighted by Crippen LogP contribution is 2.37. The summed E-state index contributed by atoms with van der Waals surface area (Å²) < 4.78 is 6.83. The summed E-state index contributed by atoms with van der Waals surface area (Å²) in [7, 11) is 1.59. The Kier molecular flexibility index (Phi) is 5.11. The molecule has 164 valence electrons. The Hall–Kier alpha value is -3.36. The lowest BCUT2D eigenvalue weighted by Gasteiger charge is -2.31. The summed E-state index contributed by atoms with van der Waals surface area (Å²) in [6.45, 7) is 2.11. The van der Waals surface area contributed by atoms with Crippen LogP contribution in [0.15, 0.2) is 53.3 Å². The Morgan fingerprint density at radius 3 is 2.62 bits per heavy atom. The quantitative estimate of drug-likeness (QED) is 0.353. The van der Waals surface area contributed by atoms with Crippen LogP contribution in [0.2, 0.25) is 0 Å². The third-order valence-electron chi connectivity index (χ3n) is 6.22. The molecule has 0 fully saturated rings. The van der Waals surface area contributed by atoms with Gasteiger partial charge in [-0.25, -0.2) is 0 Å². The highest BCUT2D eigenvalue weighted by atomic mass is 32.1. The molecular weight excluding hydrogens is 424 g/mol. The van der Waals surface area contributed by atoms with E-state index in [1.165, 1.54) is 10.1 Å². The largest absolute Gasteiger partial charge is 0.497 e. The normalized spacial score (nSPS) is 17.9. The summed E-state index contributed by atoms with van der Waals surface area (Å²) in [4.78, 5) is 19.3. The van der Waals surface area contributed by atoms with Gasteiger partial charge in [0.1, 0.15) is 11.3 Å². The molecule has 2 aromatic heterocycles. The average Bonchev–Trinajstić information content (AvgIpc) is 3.18. The molecule has 0 saturated carbocycles. The van der Waals surface area contributed by atoms with Gasteiger partial charge in [-0.3, -0.25) is 14.3 Å². The van der Waals surface area contributed by atoms with E-state index in [4.69, 9.17) is 17.0 Å². The molecule has 0 aliphatic carbocycles. The van der Waals surface area contributed by atoms with E-state index in [0.717, 1.165) is 29.4 Å². The maximum atomic E-state index is 13.1. The Labute approximate surface area is 189 Å². The number of ether oxygens (including phenoxy) is 1. The van der Waals surface area contributed by atoms with E-state index in [-0.39, 0.29) is 22.3 Å². The molecule has 8 heteroatoms. The first-order valence-corrected chi connectivity index (χ1v) is 11.0. The van der Waals surface area contributed by atoms with Crippen molar-refractivity contribution in [2.45, 2.75) is 31.8 Å². The summed E-state index contributed by atoms with van der Waals surface area (Å²) in [6, 6.07) is 14.9. The van der Waals surface area contributed by atoms with Gasteiger partial charge >= 0.3 is 0 Å². The van der Waals surface area contributed by atoms with Crippen molar-refractivity contribution in [2.75, 3.05) is 7.11 Å². The van der Waals surface area contributed by atoms with Gasteiger partial charge in [-0.2, -0.15) is 0 Å². The average molecular weight is 449 g/mol. The molecule has 0 radical (unpaired) electrons. The molecule has 4 aromatic rings. The lowest BCUT2D eigenvalue weighted by molar-refractivity contribution is 0.385. The van der Waals surface area contributed by atoms with Gasteiger partial charge in [0.05, 0.1) is 18.8 Å². The van der Waals surface area contributed by atoms with E-state index >= 15 is 0 Å². The number of nitrogens with one attached hydrogen (secondary N) is 3. The molecule has 0 unspecified atom stereocenters. The molecule has 5 rings (SSSR count). The minimum absolute atomic E-state index is 0.126. The fourth-order valence-corrected chi connectivity index (χ4v) is 4.86. The fourth-order valence-electron chi connectivity index (χ4n) is 4.57. The van der Waals surface area contributed by atoms with Crippen molar-refractivity contribution in [3.8, 4) is 17.3 Å². The molecule has 0 spiro atoms.